The zero-order valence-corrected chi connectivity index (χ0v) is 26.6. The zero-order chi connectivity index (χ0) is 31.2. The molecule has 1 N–H and O–H groups in total. The Morgan fingerprint density at radius 3 is 2.43 bits per heavy atom. The summed E-state index contributed by atoms with van der Waals surface area (Å²) in [6.45, 7) is 1.66. The maximum atomic E-state index is 14.1. The van der Waals surface area contributed by atoms with Gasteiger partial charge in [-0.2, -0.15) is 12.7 Å². The van der Waals surface area contributed by atoms with Crippen molar-refractivity contribution in [1.82, 2.24) is 14.0 Å². The molecule has 1 amide bonds. The summed E-state index contributed by atoms with van der Waals surface area (Å²) < 4.78 is 63.1. The molecule has 0 saturated carbocycles. The third-order valence-corrected chi connectivity index (χ3v) is 10.1. The predicted molar refractivity (Wildman–Crippen MR) is 172 cm³/mol. The summed E-state index contributed by atoms with van der Waals surface area (Å²) in [5.74, 6) is -0.629. The molecule has 1 unspecified atom stereocenters. The number of halogens is 2. The maximum Gasteiger partial charge on any atom is 0.304 e. The van der Waals surface area contributed by atoms with Gasteiger partial charge in [0.1, 0.15) is 28.9 Å². The van der Waals surface area contributed by atoms with Gasteiger partial charge in [-0.15, -0.1) is 0 Å². The smallest absolute Gasteiger partial charge is 0.304 e. The Morgan fingerprint density at radius 1 is 1.00 bits per heavy atom. The first-order chi connectivity index (χ1) is 21.0. The fraction of sp³-hybridized carbons (Fsp3) is 0.125. The lowest BCUT2D eigenvalue weighted by atomic mass is 9.84. The van der Waals surface area contributed by atoms with Gasteiger partial charge in [0.25, 0.3) is 5.91 Å². The number of hydrogen-bond donors (Lipinski definition) is 1. The number of oxazole rings is 1. The topological polar surface area (TPSA) is 115 Å². The molecular formula is C32H25FIN3O6S. The van der Waals surface area contributed by atoms with E-state index in [0.29, 0.717) is 44.5 Å². The van der Waals surface area contributed by atoms with Gasteiger partial charge in [-0.3, -0.25) is 4.79 Å². The maximum absolute atomic E-state index is 14.1. The van der Waals surface area contributed by atoms with Gasteiger partial charge in [0.15, 0.2) is 5.58 Å². The van der Waals surface area contributed by atoms with E-state index in [1.165, 1.54) is 44.7 Å². The van der Waals surface area contributed by atoms with Crippen LogP contribution in [0.15, 0.2) is 100 Å². The highest BCUT2D eigenvalue weighted by atomic mass is 127. The van der Waals surface area contributed by atoms with Gasteiger partial charge in [0.2, 0.25) is 5.89 Å². The Kier molecular flexibility index (Phi) is 7.68. The Hall–Kier alpha value is -4.27. The summed E-state index contributed by atoms with van der Waals surface area (Å²) in [5.41, 5.74) is 1.70. The molecule has 224 valence electrons. The van der Waals surface area contributed by atoms with Crippen molar-refractivity contribution >= 4 is 60.8 Å². The monoisotopic (exact) mass is 725 g/mol. The van der Waals surface area contributed by atoms with Gasteiger partial charge < -0.3 is 13.6 Å². The number of nitrogens with one attached hydrogen (secondary N) is 1. The third-order valence-electron chi connectivity index (χ3n) is 7.71. The molecule has 1 atom stereocenters. The number of amides is 1. The molecule has 6 aromatic rings. The lowest BCUT2D eigenvalue weighted by molar-refractivity contribution is 0.0978. The van der Waals surface area contributed by atoms with Gasteiger partial charge in [0, 0.05) is 16.0 Å². The number of nitrogens with zero attached hydrogens (tertiary/aromatic N) is 2. The van der Waals surface area contributed by atoms with Crippen molar-refractivity contribution in [1.29, 1.82) is 0 Å². The minimum atomic E-state index is -4.51. The summed E-state index contributed by atoms with van der Waals surface area (Å²) in [6, 6.07) is 23.0. The van der Waals surface area contributed by atoms with Crippen LogP contribution in [-0.4, -0.2) is 37.8 Å². The molecule has 0 spiro atoms. The highest BCUT2D eigenvalue weighted by Gasteiger charge is 2.42. The molecular weight excluding hydrogens is 700 g/mol. The molecule has 12 heteroatoms. The van der Waals surface area contributed by atoms with Crippen molar-refractivity contribution < 1.29 is 31.2 Å². The van der Waals surface area contributed by atoms with E-state index < -0.39 is 27.5 Å². The Bertz CT molecular complexity index is 2150. The molecule has 4 aromatic carbocycles. The van der Waals surface area contributed by atoms with Crippen LogP contribution < -0.4 is 9.46 Å². The third kappa shape index (κ3) is 5.12. The number of furan rings is 1. The first-order valence-electron chi connectivity index (χ1n) is 13.3. The number of methoxy groups -OCH3 is 1. The van der Waals surface area contributed by atoms with Crippen LogP contribution in [0.1, 0.15) is 28.4 Å². The van der Waals surface area contributed by atoms with Crippen molar-refractivity contribution in [2.75, 3.05) is 14.2 Å². The molecule has 2 heterocycles. The number of para-hydroxylation sites is 2. The van der Waals surface area contributed by atoms with E-state index in [0.717, 1.165) is 7.88 Å². The van der Waals surface area contributed by atoms with Crippen LogP contribution in [0.5, 0.6) is 5.75 Å². The lowest BCUT2D eigenvalue weighted by Crippen LogP contribution is -2.51. The number of ether oxygens (including phenoxy) is 1. The molecule has 2 aromatic heterocycles. The van der Waals surface area contributed by atoms with Crippen LogP contribution >= 0.6 is 22.6 Å². The Morgan fingerprint density at radius 2 is 1.70 bits per heavy atom. The number of rotatable bonds is 8. The van der Waals surface area contributed by atoms with Crippen LogP contribution in [-0.2, 0) is 15.7 Å². The number of benzene rings is 4. The summed E-state index contributed by atoms with van der Waals surface area (Å²) >= 11 is 2.18. The molecule has 9 nitrogen and oxygen atoms in total. The molecule has 0 radical (unpaired) electrons. The summed E-state index contributed by atoms with van der Waals surface area (Å²) in [6.07, 6.45) is 1.21. The standard InChI is InChI=1S/C32H25FIN3O6S/c1-32(19-11-14-21(33)15-12-19,37(2)44(39,40)36-30(38)24-18-42-27-9-5-4-7-22(24)27)20-13-16-26(41-3)23(17-20)31-35-29-25(34)8-6-10-28(29)43-31/h4-18H,1-3H3,(H,36,38). The van der Waals surface area contributed by atoms with Crippen LogP contribution in [0.2, 0.25) is 0 Å². The van der Waals surface area contributed by atoms with Crippen LogP contribution in [0.4, 0.5) is 4.39 Å². The second-order valence-corrected chi connectivity index (χ2v) is 13.0. The van der Waals surface area contributed by atoms with Crippen LogP contribution in [0.3, 0.4) is 0 Å². The van der Waals surface area contributed by atoms with Gasteiger partial charge in [-0.25, -0.2) is 14.1 Å². The number of carbonyl (C=O) groups is 1. The minimum absolute atomic E-state index is 0.0680. The minimum Gasteiger partial charge on any atom is -0.496 e. The van der Waals surface area contributed by atoms with E-state index >= 15 is 0 Å². The Balaban J connectivity index is 1.46. The fourth-order valence-corrected chi connectivity index (χ4v) is 6.91. The predicted octanol–water partition coefficient (Wildman–Crippen LogP) is 6.86. The van der Waals surface area contributed by atoms with Gasteiger partial charge >= 0.3 is 10.2 Å². The summed E-state index contributed by atoms with van der Waals surface area (Å²) in [4.78, 5) is 17.9. The molecule has 44 heavy (non-hydrogen) atoms. The van der Waals surface area contributed by atoms with Gasteiger partial charge in [-0.1, -0.05) is 42.5 Å². The van der Waals surface area contributed by atoms with E-state index in [-0.39, 0.29) is 11.5 Å². The molecule has 0 aliphatic rings. The fourth-order valence-electron chi connectivity index (χ4n) is 5.15. The van der Waals surface area contributed by atoms with E-state index in [1.807, 2.05) is 12.1 Å². The normalized spacial score (nSPS) is 13.3. The second-order valence-electron chi connectivity index (χ2n) is 10.1. The van der Waals surface area contributed by atoms with E-state index in [2.05, 4.69) is 32.3 Å². The Labute approximate surface area is 266 Å². The number of fused-ring (bicyclic) bond motifs is 2. The number of carbonyl (C=O) groups excluding carboxylic acids is 1. The first kappa shape index (κ1) is 29.8. The lowest BCUT2D eigenvalue weighted by Gasteiger charge is -2.39. The average Bonchev–Trinajstić information content (AvgIpc) is 3.66. The molecule has 6 rings (SSSR count). The quantitative estimate of drug-likeness (QED) is 0.171. The number of hydrogen-bond acceptors (Lipinski definition) is 7. The van der Waals surface area contributed by atoms with Crippen molar-refractivity contribution in [3.8, 4) is 17.2 Å². The molecule has 0 aliphatic carbocycles. The molecule has 0 saturated heterocycles. The van der Waals surface area contributed by atoms with Gasteiger partial charge in [0.05, 0.1) is 23.8 Å². The molecule has 0 fully saturated rings. The SMILES string of the molecule is COc1ccc(C(C)(c2ccc(F)cc2)N(C)S(=O)(=O)NC(=O)c2coc3ccccc23)cc1-c1nc2c(I)cccc2o1. The first-order valence-corrected chi connectivity index (χ1v) is 15.8. The summed E-state index contributed by atoms with van der Waals surface area (Å²) in [7, 11) is -1.66. The van der Waals surface area contributed by atoms with Crippen molar-refractivity contribution in [3.63, 3.8) is 0 Å². The number of aromatic nitrogens is 1. The van der Waals surface area contributed by atoms with Gasteiger partial charge in [-0.05, 0) is 83.1 Å². The van der Waals surface area contributed by atoms with Crippen molar-refractivity contribution in [3.05, 3.63) is 117 Å². The zero-order valence-electron chi connectivity index (χ0n) is 23.7. The highest BCUT2D eigenvalue weighted by Crippen LogP contribution is 2.41. The van der Waals surface area contributed by atoms with E-state index in [1.54, 1.807) is 55.5 Å². The van der Waals surface area contributed by atoms with E-state index in [4.69, 9.17) is 13.6 Å². The van der Waals surface area contributed by atoms with Crippen molar-refractivity contribution in [2.45, 2.75) is 12.5 Å². The second kappa shape index (κ2) is 11.3. The average molecular weight is 726 g/mol. The summed E-state index contributed by atoms with van der Waals surface area (Å²) in [5, 5.41) is 0.469. The van der Waals surface area contributed by atoms with Crippen LogP contribution in [0.25, 0.3) is 33.5 Å². The molecule has 0 bridgehead atoms. The molecule has 0 aliphatic heterocycles. The van der Waals surface area contributed by atoms with Crippen LogP contribution in [0, 0.1) is 9.39 Å². The largest absolute Gasteiger partial charge is 0.496 e. The van der Waals surface area contributed by atoms with Crippen molar-refractivity contribution in [2.24, 2.45) is 0 Å². The van der Waals surface area contributed by atoms with E-state index in [9.17, 15) is 17.6 Å². The highest BCUT2D eigenvalue weighted by molar-refractivity contribution is 14.1.